The van der Waals surface area contributed by atoms with E-state index in [1.807, 2.05) is 27.7 Å². The maximum atomic E-state index is 11.5. The Kier molecular flexibility index (Phi) is 7.86. The van der Waals surface area contributed by atoms with Gasteiger partial charge in [0.2, 0.25) is 0 Å². The van der Waals surface area contributed by atoms with Gasteiger partial charge in [-0.1, -0.05) is 27.7 Å². The molecule has 0 aromatic rings. The van der Waals surface area contributed by atoms with Crippen LogP contribution in [0.15, 0.2) is 0 Å². The molecule has 16 heavy (non-hydrogen) atoms. The Labute approximate surface area is 98.6 Å². The van der Waals surface area contributed by atoms with E-state index in [0.717, 1.165) is 12.8 Å². The zero-order valence-corrected chi connectivity index (χ0v) is 10.9. The fourth-order valence-electron chi connectivity index (χ4n) is 1.20. The predicted octanol–water partition coefficient (Wildman–Crippen LogP) is 2.97. The largest absolute Gasteiger partial charge is 0.465 e. The highest BCUT2D eigenvalue weighted by molar-refractivity contribution is 5.80. The van der Waals surface area contributed by atoms with Gasteiger partial charge < -0.3 is 4.74 Å². The van der Waals surface area contributed by atoms with Gasteiger partial charge in [-0.3, -0.25) is 9.59 Å². The van der Waals surface area contributed by atoms with Gasteiger partial charge in [0, 0.05) is 12.3 Å². The predicted molar refractivity (Wildman–Crippen MR) is 64.1 cm³/mol. The van der Waals surface area contributed by atoms with Gasteiger partial charge in [0.25, 0.3) is 0 Å². The Balaban J connectivity index is 3.61. The fraction of sp³-hybridized carbons (Fsp3) is 0.846. The molecule has 3 nitrogen and oxygen atoms in total. The average Bonchev–Trinajstić information content (AvgIpc) is 2.31. The van der Waals surface area contributed by atoms with Crippen molar-refractivity contribution in [3.63, 3.8) is 0 Å². The zero-order valence-electron chi connectivity index (χ0n) is 10.9. The monoisotopic (exact) mass is 228 g/mol. The van der Waals surface area contributed by atoms with Crippen molar-refractivity contribution in [3.8, 4) is 0 Å². The van der Waals surface area contributed by atoms with E-state index >= 15 is 0 Å². The quantitative estimate of drug-likeness (QED) is 0.474. The van der Waals surface area contributed by atoms with Crippen LogP contribution < -0.4 is 0 Å². The maximum absolute atomic E-state index is 11.5. The molecule has 2 unspecified atom stereocenters. The van der Waals surface area contributed by atoms with Crippen LogP contribution in [0.2, 0.25) is 0 Å². The normalized spacial score (nSPS) is 14.2. The number of esters is 1. The Hall–Kier alpha value is -0.860. The molecule has 0 fully saturated rings. The molecule has 0 aromatic carbocycles. The van der Waals surface area contributed by atoms with Crippen molar-refractivity contribution in [2.45, 2.75) is 53.4 Å². The van der Waals surface area contributed by atoms with E-state index in [2.05, 4.69) is 0 Å². The second-order valence-electron chi connectivity index (χ2n) is 4.36. The summed E-state index contributed by atoms with van der Waals surface area (Å²) in [4.78, 5) is 22.8. The van der Waals surface area contributed by atoms with E-state index < -0.39 is 0 Å². The molecule has 3 heteroatoms. The van der Waals surface area contributed by atoms with Gasteiger partial charge in [-0.05, 0) is 19.3 Å². The first-order chi connectivity index (χ1) is 7.52. The molecular weight excluding hydrogens is 204 g/mol. The first-order valence-corrected chi connectivity index (χ1v) is 6.22. The summed E-state index contributed by atoms with van der Waals surface area (Å²) in [5.41, 5.74) is 0. The van der Waals surface area contributed by atoms with Crippen LogP contribution >= 0.6 is 0 Å². The fourth-order valence-corrected chi connectivity index (χ4v) is 1.20. The highest BCUT2D eigenvalue weighted by atomic mass is 16.5. The number of hydrogen-bond acceptors (Lipinski definition) is 3. The number of ether oxygens (including phenoxy) is 1. The van der Waals surface area contributed by atoms with Gasteiger partial charge in [-0.2, -0.15) is 0 Å². The SMILES string of the molecule is CCC(C)C(=O)CCCOC(=O)C(C)CC. The minimum Gasteiger partial charge on any atom is -0.465 e. The molecule has 0 aromatic heterocycles. The molecule has 0 rings (SSSR count). The highest BCUT2D eigenvalue weighted by Crippen LogP contribution is 2.08. The second kappa shape index (κ2) is 8.31. The summed E-state index contributed by atoms with van der Waals surface area (Å²) >= 11 is 0. The third-order valence-corrected chi connectivity index (χ3v) is 2.99. The van der Waals surface area contributed by atoms with Crippen LogP contribution in [0, 0.1) is 11.8 Å². The molecule has 0 amide bonds. The van der Waals surface area contributed by atoms with Crippen molar-refractivity contribution in [2.75, 3.05) is 6.61 Å². The first kappa shape index (κ1) is 15.1. The van der Waals surface area contributed by atoms with Crippen LogP contribution in [0.3, 0.4) is 0 Å². The number of rotatable bonds is 8. The molecule has 0 aliphatic rings. The lowest BCUT2D eigenvalue weighted by Gasteiger charge is -2.10. The van der Waals surface area contributed by atoms with E-state index in [4.69, 9.17) is 4.74 Å². The van der Waals surface area contributed by atoms with Crippen molar-refractivity contribution in [2.24, 2.45) is 11.8 Å². The second-order valence-corrected chi connectivity index (χ2v) is 4.36. The summed E-state index contributed by atoms with van der Waals surface area (Å²) in [6.07, 6.45) is 2.84. The molecule has 0 saturated heterocycles. The van der Waals surface area contributed by atoms with E-state index in [1.165, 1.54) is 0 Å². The first-order valence-electron chi connectivity index (χ1n) is 6.22. The number of carbonyl (C=O) groups excluding carboxylic acids is 2. The molecule has 0 heterocycles. The smallest absolute Gasteiger partial charge is 0.308 e. The van der Waals surface area contributed by atoms with Crippen molar-refractivity contribution >= 4 is 11.8 Å². The van der Waals surface area contributed by atoms with Crippen LogP contribution in [-0.4, -0.2) is 18.4 Å². The van der Waals surface area contributed by atoms with Crippen molar-refractivity contribution in [1.29, 1.82) is 0 Å². The molecule has 0 aliphatic carbocycles. The van der Waals surface area contributed by atoms with Gasteiger partial charge in [-0.15, -0.1) is 0 Å². The van der Waals surface area contributed by atoms with Crippen molar-refractivity contribution < 1.29 is 14.3 Å². The van der Waals surface area contributed by atoms with Crippen LogP contribution in [0.4, 0.5) is 0 Å². The minimum atomic E-state index is -0.154. The van der Waals surface area contributed by atoms with Crippen molar-refractivity contribution in [1.82, 2.24) is 0 Å². The summed E-state index contributed by atoms with van der Waals surface area (Å²) in [7, 11) is 0. The van der Waals surface area contributed by atoms with Crippen LogP contribution in [0.25, 0.3) is 0 Å². The van der Waals surface area contributed by atoms with Gasteiger partial charge in [0.15, 0.2) is 0 Å². The van der Waals surface area contributed by atoms with E-state index in [9.17, 15) is 9.59 Å². The van der Waals surface area contributed by atoms with Crippen molar-refractivity contribution in [3.05, 3.63) is 0 Å². The summed E-state index contributed by atoms with van der Waals surface area (Å²) in [6.45, 7) is 8.12. The lowest BCUT2D eigenvalue weighted by Crippen LogP contribution is -2.16. The standard InChI is InChI=1S/C13H24O3/c1-5-10(3)12(14)8-7-9-16-13(15)11(4)6-2/h10-11H,5-9H2,1-4H3. The Morgan fingerprint density at radius 2 is 1.62 bits per heavy atom. The summed E-state index contributed by atoms with van der Waals surface area (Å²) < 4.78 is 5.07. The number of carbonyl (C=O) groups is 2. The Bertz CT molecular complexity index is 199. The van der Waals surface area contributed by atoms with Gasteiger partial charge >= 0.3 is 5.97 Å². The Morgan fingerprint density at radius 1 is 1.06 bits per heavy atom. The van der Waals surface area contributed by atoms with Crippen LogP contribution in [0.5, 0.6) is 0 Å². The molecular formula is C13H24O3. The Morgan fingerprint density at radius 3 is 2.12 bits per heavy atom. The maximum Gasteiger partial charge on any atom is 0.308 e. The van der Waals surface area contributed by atoms with Gasteiger partial charge in [0.1, 0.15) is 5.78 Å². The molecule has 0 bridgehead atoms. The summed E-state index contributed by atoms with van der Waals surface area (Å²) in [5.74, 6) is 0.205. The molecule has 0 saturated carbocycles. The molecule has 0 N–H and O–H groups in total. The zero-order chi connectivity index (χ0) is 12.6. The van der Waals surface area contributed by atoms with E-state index in [-0.39, 0.29) is 23.6 Å². The lowest BCUT2D eigenvalue weighted by atomic mass is 10.0. The van der Waals surface area contributed by atoms with Gasteiger partial charge in [-0.25, -0.2) is 0 Å². The number of Topliss-reactive ketones (excluding diaryl/α,β-unsaturated/α-hetero) is 1. The molecule has 0 aliphatic heterocycles. The number of hydrogen-bond donors (Lipinski definition) is 0. The molecule has 94 valence electrons. The van der Waals surface area contributed by atoms with E-state index in [0.29, 0.717) is 19.4 Å². The summed E-state index contributed by atoms with van der Waals surface area (Å²) in [6, 6.07) is 0. The molecule has 0 spiro atoms. The number of ketones is 1. The van der Waals surface area contributed by atoms with Gasteiger partial charge in [0.05, 0.1) is 12.5 Å². The lowest BCUT2D eigenvalue weighted by molar-refractivity contribution is -0.148. The van der Waals surface area contributed by atoms with E-state index in [1.54, 1.807) is 0 Å². The highest BCUT2D eigenvalue weighted by Gasteiger charge is 2.13. The summed E-state index contributed by atoms with van der Waals surface area (Å²) in [5, 5.41) is 0. The molecule has 0 radical (unpaired) electrons. The van der Waals surface area contributed by atoms with Crippen LogP contribution in [0.1, 0.15) is 53.4 Å². The molecule has 2 atom stereocenters. The average molecular weight is 228 g/mol. The van der Waals surface area contributed by atoms with Crippen LogP contribution in [-0.2, 0) is 14.3 Å². The minimum absolute atomic E-state index is 0.0368. The third-order valence-electron chi connectivity index (χ3n) is 2.99. The third kappa shape index (κ3) is 5.89. The topological polar surface area (TPSA) is 43.4 Å².